The Kier molecular flexibility index (Phi) is 3.84. The molecule has 88 valence electrons. The molecule has 0 spiro atoms. The van der Waals surface area contributed by atoms with E-state index in [1.807, 2.05) is 6.92 Å². The molecule has 1 aliphatic heterocycles. The lowest BCUT2D eigenvalue weighted by Crippen LogP contribution is -2.47. The number of amides is 2. The first-order valence-electron chi connectivity index (χ1n) is 5.08. The highest BCUT2D eigenvalue weighted by Gasteiger charge is 2.30. The highest BCUT2D eigenvalue weighted by atomic mass is 19.3. The maximum atomic E-state index is 12.7. The van der Waals surface area contributed by atoms with Crippen molar-refractivity contribution in [3.8, 4) is 0 Å². The summed E-state index contributed by atoms with van der Waals surface area (Å²) in [5.74, 6) is -3.02. The molecule has 1 heterocycles. The zero-order valence-corrected chi connectivity index (χ0v) is 8.80. The van der Waals surface area contributed by atoms with Crippen LogP contribution in [-0.2, 0) is 0 Å². The van der Waals surface area contributed by atoms with Crippen molar-refractivity contribution in [3.63, 3.8) is 0 Å². The van der Waals surface area contributed by atoms with Crippen LogP contribution in [0.2, 0.25) is 0 Å². The number of nitrogens with two attached hydrogens (primary N) is 1. The number of urea groups is 1. The number of hydrogen-bond acceptors (Lipinski definition) is 2. The molecule has 1 unspecified atom stereocenters. The summed E-state index contributed by atoms with van der Waals surface area (Å²) in [6.45, 7) is 1.11. The number of nitrogens with one attached hydrogen (secondary N) is 1. The SMILES string of the molecule is CC1CCCN1C(=O)NCC(F)(F)CN. The summed E-state index contributed by atoms with van der Waals surface area (Å²) in [5, 5.41) is 2.20. The standard InChI is InChI=1S/C9H17F2N3O/c1-7-3-2-4-14(7)8(15)13-6-9(10,11)5-12/h7H,2-6,12H2,1H3,(H,13,15). The predicted molar refractivity (Wildman–Crippen MR) is 52.8 cm³/mol. The molecule has 1 saturated heterocycles. The van der Waals surface area contributed by atoms with E-state index in [0.29, 0.717) is 6.54 Å². The maximum Gasteiger partial charge on any atom is 0.317 e. The third kappa shape index (κ3) is 3.30. The summed E-state index contributed by atoms with van der Waals surface area (Å²) in [4.78, 5) is 13.0. The zero-order chi connectivity index (χ0) is 11.5. The molecule has 4 nitrogen and oxygen atoms in total. The third-order valence-corrected chi connectivity index (χ3v) is 2.61. The van der Waals surface area contributed by atoms with Crippen molar-refractivity contribution in [2.75, 3.05) is 19.6 Å². The smallest absolute Gasteiger partial charge is 0.317 e. The van der Waals surface area contributed by atoms with Gasteiger partial charge in [-0.1, -0.05) is 0 Å². The lowest BCUT2D eigenvalue weighted by atomic mass is 10.2. The fourth-order valence-electron chi connectivity index (χ4n) is 1.61. The van der Waals surface area contributed by atoms with Crippen molar-refractivity contribution < 1.29 is 13.6 Å². The van der Waals surface area contributed by atoms with E-state index < -0.39 is 25.0 Å². The molecule has 0 bridgehead atoms. The molecule has 0 aliphatic carbocycles. The van der Waals surface area contributed by atoms with Crippen molar-refractivity contribution >= 4 is 6.03 Å². The maximum absolute atomic E-state index is 12.7. The van der Waals surface area contributed by atoms with E-state index in [9.17, 15) is 13.6 Å². The Labute approximate surface area is 87.8 Å². The summed E-state index contributed by atoms with van der Waals surface area (Å²) in [6.07, 6.45) is 1.86. The molecule has 15 heavy (non-hydrogen) atoms. The average Bonchev–Trinajstić information content (AvgIpc) is 2.61. The highest BCUT2D eigenvalue weighted by molar-refractivity contribution is 5.74. The number of halogens is 2. The molecule has 3 N–H and O–H groups in total. The van der Waals surface area contributed by atoms with Gasteiger partial charge in [0.1, 0.15) is 0 Å². The van der Waals surface area contributed by atoms with E-state index in [4.69, 9.17) is 5.73 Å². The number of hydrogen-bond donors (Lipinski definition) is 2. The lowest BCUT2D eigenvalue weighted by molar-refractivity contribution is 0.0131. The molecular weight excluding hydrogens is 204 g/mol. The minimum atomic E-state index is -3.02. The molecule has 1 aliphatic rings. The summed E-state index contributed by atoms with van der Waals surface area (Å²) in [5.41, 5.74) is 4.86. The lowest BCUT2D eigenvalue weighted by Gasteiger charge is -2.23. The number of nitrogens with zero attached hydrogens (tertiary/aromatic N) is 1. The van der Waals surface area contributed by atoms with Gasteiger partial charge in [-0.3, -0.25) is 0 Å². The van der Waals surface area contributed by atoms with Gasteiger partial charge in [0, 0.05) is 12.6 Å². The van der Waals surface area contributed by atoms with Gasteiger partial charge in [-0.15, -0.1) is 0 Å². The van der Waals surface area contributed by atoms with E-state index in [-0.39, 0.29) is 6.04 Å². The van der Waals surface area contributed by atoms with Crippen LogP contribution in [0.3, 0.4) is 0 Å². The average molecular weight is 221 g/mol. The highest BCUT2D eigenvalue weighted by Crippen LogP contribution is 2.16. The van der Waals surface area contributed by atoms with Crippen LogP contribution < -0.4 is 11.1 Å². The Bertz CT molecular complexity index is 235. The van der Waals surface area contributed by atoms with Crippen LogP contribution in [0.1, 0.15) is 19.8 Å². The quantitative estimate of drug-likeness (QED) is 0.739. The Balaban J connectivity index is 2.36. The minimum absolute atomic E-state index is 0.136. The number of alkyl halides is 2. The summed E-state index contributed by atoms with van der Waals surface area (Å²) < 4.78 is 25.5. The fraction of sp³-hybridized carbons (Fsp3) is 0.889. The van der Waals surface area contributed by atoms with Gasteiger partial charge >= 0.3 is 6.03 Å². The molecule has 6 heteroatoms. The normalized spacial score (nSPS) is 21.9. The molecule has 1 rings (SSSR count). The van der Waals surface area contributed by atoms with E-state index >= 15 is 0 Å². The first-order valence-corrected chi connectivity index (χ1v) is 5.08. The second kappa shape index (κ2) is 4.74. The van der Waals surface area contributed by atoms with E-state index in [1.54, 1.807) is 4.90 Å². The third-order valence-electron chi connectivity index (χ3n) is 2.61. The van der Waals surface area contributed by atoms with Crippen LogP contribution in [0, 0.1) is 0 Å². The van der Waals surface area contributed by atoms with E-state index in [0.717, 1.165) is 12.8 Å². The topological polar surface area (TPSA) is 58.4 Å². The number of carbonyl (C=O) groups is 1. The molecule has 0 saturated carbocycles. The second-order valence-corrected chi connectivity index (χ2v) is 3.90. The van der Waals surface area contributed by atoms with Gasteiger partial charge in [-0.2, -0.15) is 0 Å². The fourth-order valence-corrected chi connectivity index (χ4v) is 1.61. The first-order chi connectivity index (χ1) is 6.96. The molecule has 2 amide bonds. The number of carbonyl (C=O) groups excluding carboxylic acids is 1. The summed E-state index contributed by atoms with van der Waals surface area (Å²) in [6, 6.07) is -0.287. The Morgan fingerprint density at radius 1 is 1.67 bits per heavy atom. The Morgan fingerprint density at radius 3 is 2.80 bits per heavy atom. The summed E-state index contributed by atoms with van der Waals surface area (Å²) >= 11 is 0. The van der Waals surface area contributed by atoms with E-state index in [2.05, 4.69) is 5.32 Å². The molecule has 1 fully saturated rings. The van der Waals surface area contributed by atoms with Crippen molar-refractivity contribution in [1.82, 2.24) is 10.2 Å². The van der Waals surface area contributed by atoms with Gasteiger partial charge in [0.2, 0.25) is 0 Å². The van der Waals surface area contributed by atoms with Crippen molar-refractivity contribution in [2.24, 2.45) is 5.73 Å². The molecule has 0 aromatic carbocycles. The van der Waals surface area contributed by atoms with Crippen LogP contribution in [0.25, 0.3) is 0 Å². The van der Waals surface area contributed by atoms with Crippen molar-refractivity contribution in [2.45, 2.75) is 31.7 Å². The van der Waals surface area contributed by atoms with Gasteiger partial charge < -0.3 is 16.0 Å². The molecule has 0 aromatic heterocycles. The summed E-state index contributed by atoms with van der Waals surface area (Å²) in [7, 11) is 0. The van der Waals surface area contributed by atoms with Gasteiger partial charge in [-0.05, 0) is 19.8 Å². The van der Waals surface area contributed by atoms with Gasteiger partial charge in [0.15, 0.2) is 0 Å². The minimum Gasteiger partial charge on any atom is -0.332 e. The van der Waals surface area contributed by atoms with Gasteiger partial charge in [0.05, 0.1) is 13.1 Å². The van der Waals surface area contributed by atoms with Crippen LogP contribution in [0.5, 0.6) is 0 Å². The monoisotopic (exact) mass is 221 g/mol. The van der Waals surface area contributed by atoms with Crippen LogP contribution in [-0.4, -0.2) is 42.5 Å². The number of likely N-dealkylation sites (tertiary alicyclic amines) is 1. The van der Waals surface area contributed by atoms with Crippen LogP contribution in [0.15, 0.2) is 0 Å². The molecular formula is C9H17F2N3O. The van der Waals surface area contributed by atoms with Crippen molar-refractivity contribution in [1.29, 1.82) is 0 Å². The van der Waals surface area contributed by atoms with Crippen LogP contribution >= 0.6 is 0 Å². The molecule has 1 atom stereocenters. The van der Waals surface area contributed by atoms with E-state index in [1.165, 1.54) is 0 Å². The first kappa shape index (κ1) is 12.2. The zero-order valence-electron chi connectivity index (χ0n) is 8.80. The second-order valence-electron chi connectivity index (χ2n) is 3.90. The molecule has 0 radical (unpaired) electrons. The van der Waals surface area contributed by atoms with Gasteiger partial charge in [0.25, 0.3) is 5.92 Å². The van der Waals surface area contributed by atoms with Crippen molar-refractivity contribution in [3.05, 3.63) is 0 Å². The Morgan fingerprint density at radius 2 is 2.33 bits per heavy atom. The predicted octanol–water partition coefficient (Wildman–Crippen LogP) is 0.774. The number of rotatable bonds is 3. The molecule has 0 aromatic rings. The van der Waals surface area contributed by atoms with Crippen LogP contribution in [0.4, 0.5) is 13.6 Å². The largest absolute Gasteiger partial charge is 0.332 e. The Hall–Kier alpha value is -0.910. The van der Waals surface area contributed by atoms with Gasteiger partial charge in [-0.25, -0.2) is 13.6 Å².